The van der Waals surface area contributed by atoms with Crippen LogP contribution in [0.4, 0.5) is 13.2 Å². The molecule has 5 fully saturated rings. The molecule has 33 heavy (non-hydrogen) atoms. The Morgan fingerprint density at radius 3 is 2.48 bits per heavy atom. The number of rotatable bonds is 8. The van der Waals surface area contributed by atoms with Crippen molar-refractivity contribution < 1.29 is 31.9 Å². The number of amides is 1. The van der Waals surface area contributed by atoms with E-state index < -0.39 is 12.5 Å². The minimum Gasteiger partial charge on any atom is -0.424 e. The van der Waals surface area contributed by atoms with Gasteiger partial charge in [-0.2, -0.15) is 15.0 Å². The van der Waals surface area contributed by atoms with Gasteiger partial charge in [-0.05, 0) is 44.9 Å². The van der Waals surface area contributed by atoms with Crippen LogP contribution in [0.1, 0.15) is 68.7 Å². The van der Waals surface area contributed by atoms with Crippen LogP contribution < -0.4 is 5.32 Å². The number of alkyl halides is 3. The first kappa shape index (κ1) is 21.0. The molecule has 0 unspecified atom stereocenters. The van der Waals surface area contributed by atoms with E-state index in [0.29, 0.717) is 31.0 Å². The predicted octanol–water partition coefficient (Wildman–Crippen LogP) is 2.15. The van der Waals surface area contributed by atoms with Crippen LogP contribution in [0.15, 0.2) is 16.8 Å². The van der Waals surface area contributed by atoms with Gasteiger partial charge in [-0.25, -0.2) is 0 Å². The number of carbonyl (C=O) groups is 1. The molecule has 1 amide bonds. The summed E-state index contributed by atoms with van der Waals surface area (Å²) >= 11 is 0. The molecule has 5 aliphatic rings. The molecule has 5 saturated carbocycles. The SMILES string of the molecule is O=C(COC1CC(n2nccn2)C1)NC12CC(c3nnc(C4CC(OC(F)(F)F)C4)o3)(C1)C2. The molecule has 0 spiro atoms. The van der Waals surface area contributed by atoms with Gasteiger partial charge in [0, 0.05) is 11.5 Å². The van der Waals surface area contributed by atoms with Gasteiger partial charge in [-0.1, -0.05) is 0 Å². The van der Waals surface area contributed by atoms with Crippen molar-refractivity contribution in [1.82, 2.24) is 30.5 Å². The van der Waals surface area contributed by atoms with Gasteiger partial charge in [0.1, 0.15) is 6.61 Å². The molecule has 0 saturated heterocycles. The standard InChI is InChI=1S/C20H23F3N6O4/c21-20(22,23)33-14-3-11(4-14)16-27-28-17(32-16)18-8-19(9-18,10-18)26-15(30)7-31-13-5-12(6-13)29-24-1-2-25-29/h1-2,11-14H,3-10H2,(H,26,30). The van der Waals surface area contributed by atoms with E-state index in [1.54, 1.807) is 17.2 Å². The molecule has 5 aliphatic carbocycles. The Bertz CT molecular complexity index is 1010. The van der Waals surface area contributed by atoms with Crippen LogP contribution in [0.5, 0.6) is 0 Å². The fourth-order valence-corrected chi connectivity index (χ4v) is 5.62. The fraction of sp³-hybridized carbons (Fsp3) is 0.750. The topological polar surface area (TPSA) is 117 Å². The second-order valence-corrected chi connectivity index (χ2v) is 9.85. The van der Waals surface area contributed by atoms with E-state index in [4.69, 9.17) is 9.15 Å². The van der Waals surface area contributed by atoms with Crippen LogP contribution in [0.3, 0.4) is 0 Å². The predicted molar refractivity (Wildman–Crippen MR) is 102 cm³/mol. The highest BCUT2D eigenvalue weighted by Crippen LogP contribution is 2.67. The van der Waals surface area contributed by atoms with Crippen LogP contribution in [-0.2, 0) is 19.7 Å². The highest BCUT2D eigenvalue weighted by molar-refractivity contribution is 5.79. The molecular formula is C20H23F3N6O4. The molecule has 0 atom stereocenters. The number of halogens is 3. The number of carbonyl (C=O) groups excluding carboxylic acids is 1. The van der Waals surface area contributed by atoms with Crippen LogP contribution in [0.25, 0.3) is 0 Å². The summed E-state index contributed by atoms with van der Waals surface area (Å²) in [4.78, 5) is 14.0. The van der Waals surface area contributed by atoms with Gasteiger partial charge >= 0.3 is 6.36 Å². The summed E-state index contributed by atoms with van der Waals surface area (Å²) in [7, 11) is 0. The highest BCUT2D eigenvalue weighted by Gasteiger charge is 2.72. The molecule has 2 bridgehead atoms. The minimum atomic E-state index is -4.62. The third-order valence-corrected chi connectivity index (χ3v) is 7.36. The molecule has 2 aromatic rings. The van der Waals surface area contributed by atoms with Crippen LogP contribution in [-0.4, -0.2) is 61.8 Å². The van der Waals surface area contributed by atoms with Crippen molar-refractivity contribution in [2.75, 3.05) is 6.61 Å². The first-order chi connectivity index (χ1) is 15.7. The highest BCUT2D eigenvalue weighted by atomic mass is 19.4. The molecule has 10 nitrogen and oxygen atoms in total. The van der Waals surface area contributed by atoms with Gasteiger partial charge in [-0.3, -0.25) is 9.53 Å². The average Bonchev–Trinajstić information content (AvgIpc) is 3.29. The molecule has 2 aromatic heterocycles. The van der Waals surface area contributed by atoms with Crippen molar-refractivity contribution in [3.63, 3.8) is 0 Å². The first-order valence-corrected chi connectivity index (χ1v) is 11.1. The van der Waals surface area contributed by atoms with Gasteiger partial charge in [0.2, 0.25) is 17.7 Å². The van der Waals surface area contributed by atoms with Gasteiger partial charge in [0.05, 0.1) is 36.1 Å². The van der Waals surface area contributed by atoms with Crippen molar-refractivity contribution in [2.24, 2.45) is 0 Å². The summed E-state index contributed by atoms with van der Waals surface area (Å²) in [6.45, 7) is 0.0201. The van der Waals surface area contributed by atoms with Crippen LogP contribution >= 0.6 is 0 Å². The Morgan fingerprint density at radius 2 is 1.82 bits per heavy atom. The summed E-state index contributed by atoms with van der Waals surface area (Å²) in [5.41, 5.74) is -0.485. The lowest BCUT2D eigenvalue weighted by molar-refractivity contribution is -0.352. The maximum Gasteiger partial charge on any atom is 0.522 e. The van der Waals surface area contributed by atoms with E-state index in [1.165, 1.54) is 0 Å². The maximum atomic E-state index is 12.3. The Balaban J connectivity index is 0.924. The van der Waals surface area contributed by atoms with E-state index in [1.807, 2.05) is 0 Å². The van der Waals surface area contributed by atoms with Gasteiger partial charge in [0.25, 0.3) is 0 Å². The monoisotopic (exact) mass is 468 g/mol. The third kappa shape index (κ3) is 3.80. The Morgan fingerprint density at radius 1 is 1.12 bits per heavy atom. The van der Waals surface area contributed by atoms with Crippen molar-refractivity contribution in [1.29, 1.82) is 0 Å². The largest absolute Gasteiger partial charge is 0.522 e. The van der Waals surface area contributed by atoms with Gasteiger partial charge in [-0.15, -0.1) is 23.4 Å². The van der Waals surface area contributed by atoms with Crippen molar-refractivity contribution in [3.8, 4) is 0 Å². The number of hydrogen-bond donors (Lipinski definition) is 1. The molecule has 13 heteroatoms. The van der Waals surface area contributed by atoms with Crippen molar-refractivity contribution in [2.45, 2.75) is 86.4 Å². The Kier molecular flexibility index (Phi) is 4.60. The molecule has 0 aromatic carbocycles. The number of nitrogens with one attached hydrogen (secondary N) is 1. The molecule has 0 radical (unpaired) electrons. The van der Waals surface area contributed by atoms with E-state index in [2.05, 4.69) is 30.4 Å². The lowest BCUT2D eigenvalue weighted by Crippen LogP contribution is -2.77. The van der Waals surface area contributed by atoms with E-state index in [9.17, 15) is 18.0 Å². The lowest BCUT2D eigenvalue weighted by atomic mass is 9.39. The molecular weight excluding hydrogens is 445 g/mol. The van der Waals surface area contributed by atoms with Gasteiger partial charge in [0.15, 0.2) is 0 Å². The molecule has 2 heterocycles. The van der Waals surface area contributed by atoms with E-state index in [0.717, 1.165) is 12.8 Å². The van der Waals surface area contributed by atoms with E-state index in [-0.39, 0.29) is 54.4 Å². The first-order valence-electron chi connectivity index (χ1n) is 11.1. The maximum absolute atomic E-state index is 12.3. The van der Waals surface area contributed by atoms with Crippen molar-refractivity contribution >= 4 is 5.91 Å². The molecule has 1 N–H and O–H groups in total. The number of ether oxygens (including phenoxy) is 2. The van der Waals surface area contributed by atoms with Gasteiger partial charge < -0.3 is 14.5 Å². The zero-order valence-corrected chi connectivity index (χ0v) is 17.6. The summed E-state index contributed by atoms with van der Waals surface area (Å²) in [6.07, 6.45) is 2.01. The lowest BCUT2D eigenvalue weighted by Gasteiger charge is -2.68. The van der Waals surface area contributed by atoms with Crippen molar-refractivity contribution in [3.05, 3.63) is 24.2 Å². The number of aromatic nitrogens is 5. The quantitative estimate of drug-likeness (QED) is 0.627. The average molecular weight is 468 g/mol. The summed E-state index contributed by atoms with van der Waals surface area (Å²) in [6, 6.07) is 0.229. The second-order valence-electron chi connectivity index (χ2n) is 9.85. The smallest absolute Gasteiger partial charge is 0.424 e. The van der Waals surface area contributed by atoms with E-state index >= 15 is 0 Å². The Hall–Kier alpha value is -2.54. The third-order valence-electron chi connectivity index (χ3n) is 7.36. The number of nitrogens with zero attached hydrogens (tertiary/aromatic N) is 5. The zero-order chi connectivity index (χ0) is 22.8. The zero-order valence-electron chi connectivity index (χ0n) is 17.6. The normalized spacial score (nSPS) is 36.8. The molecule has 0 aliphatic heterocycles. The Labute approximate surface area is 186 Å². The molecule has 7 rings (SSSR count). The van der Waals surface area contributed by atoms with Crippen LogP contribution in [0, 0.1) is 0 Å². The summed E-state index contributed by atoms with van der Waals surface area (Å²) < 4.78 is 52.3. The molecule has 178 valence electrons. The number of hydrogen-bond acceptors (Lipinski definition) is 8. The minimum absolute atomic E-state index is 0.0201. The second kappa shape index (κ2) is 7.23. The van der Waals surface area contributed by atoms with Crippen LogP contribution in [0.2, 0.25) is 0 Å². The summed E-state index contributed by atoms with van der Waals surface area (Å²) in [5, 5.41) is 19.5. The fourth-order valence-electron chi connectivity index (χ4n) is 5.62. The summed E-state index contributed by atoms with van der Waals surface area (Å²) in [5.74, 6) is 0.539.